The highest BCUT2D eigenvalue weighted by molar-refractivity contribution is 5.96. The van der Waals surface area contributed by atoms with Gasteiger partial charge in [-0.25, -0.2) is 15.0 Å². The lowest BCUT2D eigenvalue weighted by Gasteiger charge is -2.28. The largest absolute Gasteiger partial charge is 0.512 e. The first-order valence-corrected chi connectivity index (χ1v) is 12.4. The third-order valence-electron chi connectivity index (χ3n) is 6.48. The van der Waals surface area contributed by atoms with E-state index < -0.39 is 0 Å². The molecule has 38 heavy (non-hydrogen) atoms. The first kappa shape index (κ1) is 25.2. The average molecular weight is 519 g/mol. The van der Waals surface area contributed by atoms with E-state index in [1.807, 2.05) is 25.1 Å². The van der Waals surface area contributed by atoms with Crippen LogP contribution in [-0.4, -0.2) is 76.9 Å². The first-order valence-electron chi connectivity index (χ1n) is 12.4. The molecule has 0 atom stereocenters. The van der Waals surface area contributed by atoms with Gasteiger partial charge in [0, 0.05) is 54.4 Å². The van der Waals surface area contributed by atoms with Gasteiger partial charge in [-0.1, -0.05) is 0 Å². The Morgan fingerprint density at radius 2 is 2.00 bits per heavy atom. The molecular weight excluding hydrogens is 488 g/mol. The van der Waals surface area contributed by atoms with Crippen LogP contribution in [0.5, 0.6) is 0 Å². The number of benzene rings is 1. The molecule has 2 aromatic heterocycles. The normalized spacial score (nSPS) is 15.1. The van der Waals surface area contributed by atoms with E-state index in [2.05, 4.69) is 25.1 Å². The number of nitrogens with one attached hydrogen (secondary N) is 1. The number of morpholine rings is 1. The molecule has 1 aromatic carbocycles. The van der Waals surface area contributed by atoms with E-state index in [-0.39, 0.29) is 18.5 Å². The van der Waals surface area contributed by atoms with Crippen molar-refractivity contribution in [1.29, 1.82) is 0 Å². The van der Waals surface area contributed by atoms with Crippen LogP contribution >= 0.6 is 0 Å². The van der Waals surface area contributed by atoms with E-state index in [0.717, 1.165) is 53.1 Å². The number of rotatable bonds is 8. The molecule has 0 radical (unpaired) electrons. The Balaban J connectivity index is 1.44. The third kappa shape index (κ3) is 5.30. The highest BCUT2D eigenvalue weighted by Crippen LogP contribution is 2.39. The second-order valence-corrected chi connectivity index (χ2v) is 8.92. The van der Waals surface area contributed by atoms with Gasteiger partial charge in [0.1, 0.15) is 24.9 Å². The van der Waals surface area contributed by atoms with Gasteiger partial charge in [0.15, 0.2) is 0 Å². The average Bonchev–Trinajstić information content (AvgIpc) is 3.37. The van der Waals surface area contributed by atoms with Gasteiger partial charge in [0.2, 0.25) is 11.9 Å². The lowest BCUT2D eigenvalue weighted by Crippen LogP contribution is -2.37. The van der Waals surface area contributed by atoms with Crippen molar-refractivity contribution in [2.75, 3.05) is 61.5 Å². The molecule has 0 saturated carbocycles. The number of ether oxygens (including phenoxy) is 2. The number of aromatic nitrogens is 4. The van der Waals surface area contributed by atoms with Gasteiger partial charge in [0.25, 0.3) is 5.91 Å². The Hall–Kier alpha value is -4.45. The summed E-state index contributed by atoms with van der Waals surface area (Å²) >= 11 is 0. The molecule has 4 heterocycles. The van der Waals surface area contributed by atoms with Crippen LogP contribution in [0.2, 0.25) is 0 Å². The molecule has 4 N–H and O–H groups in total. The zero-order valence-electron chi connectivity index (χ0n) is 21.1. The number of anilines is 4. The van der Waals surface area contributed by atoms with Crippen molar-refractivity contribution < 1.29 is 19.4 Å². The van der Waals surface area contributed by atoms with Gasteiger partial charge in [-0.15, -0.1) is 0 Å². The maximum absolute atomic E-state index is 12.7. The van der Waals surface area contributed by atoms with E-state index in [4.69, 9.17) is 30.3 Å². The fourth-order valence-corrected chi connectivity index (χ4v) is 4.60. The highest BCUT2D eigenvalue weighted by Gasteiger charge is 2.29. The number of nitrogens with zero attached hydrogens (tertiary/aromatic N) is 6. The number of nitrogens with two attached hydrogens (primary N) is 1. The van der Waals surface area contributed by atoms with Crippen LogP contribution in [0.4, 0.5) is 23.4 Å². The fourth-order valence-electron chi connectivity index (χ4n) is 4.60. The zero-order valence-corrected chi connectivity index (χ0v) is 21.1. The number of aliphatic hydroxyl groups excluding tert-OH is 1. The van der Waals surface area contributed by atoms with Crippen LogP contribution in [0.3, 0.4) is 0 Å². The predicted octanol–water partition coefficient (Wildman–Crippen LogP) is 2.13. The molecular formula is C26H30N8O4. The fraction of sp³-hybridized carbons (Fsp3) is 0.346. The maximum atomic E-state index is 12.7. The van der Waals surface area contributed by atoms with Gasteiger partial charge in [-0.3, -0.25) is 4.79 Å². The predicted molar refractivity (Wildman–Crippen MR) is 142 cm³/mol. The van der Waals surface area contributed by atoms with Crippen molar-refractivity contribution >= 4 is 29.3 Å². The Kier molecular flexibility index (Phi) is 7.50. The number of fused-ring (bicyclic) bond motifs is 1. The Morgan fingerprint density at radius 1 is 1.21 bits per heavy atom. The number of nitrogen functional groups attached to an aromatic ring is 1. The van der Waals surface area contributed by atoms with Crippen LogP contribution in [0.25, 0.3) is 11.3 Å². The summed E-state index contributed by atoms with van der Waals surface area (Å²) in [5, 5.41) is 11.4. The molecule has 0 unspecified atom stereocenters. The minimum atomic E-state index is -0.185. The highest BCUT2D eigenvalue weighted by atomic mass is 16.5. The Labute approximate surface area is 220 Å². The molecule has 198 valence electrons. The molecule has 2 aliphatic rings. The maximum Gasteiger partial charge on any atom is 0.251 e. The molecule has 0 aliphatic carbocycles. The number of aryl methyl sites for hydroxylation is 1. The summed E-state index contributed by atoms with van der Waals surface area (Å²) in [5.74, 6) is 1.49. The summed E-state index contributed by atoms with van der Waals surface area (Å²) in [6.07, 6.45) is 6.11. The number of carbonyl (C=O) groups is 1. The second kappa shape index (κ2) is 11.3. The molecule has 1 fully saturated rings. The number of amides is 1. The van der Waals surface area contributed by atoms with Crippen LogP contribution < -0.4 is 20.9 Å². The third-order valence-corrected chi connectivity index (χ3v) is 6.48. The van der Waals surface area contributed by atoms with Crippen molar-refractivity contribution in [1.82, 2.24) is 25.3 Å². The van der Waals surface area contributed by atoms with E-state index in [1.54, 1.807) is 12.4 Å². The summed E-state index contributed by atoms with van der Waals surface area (Å²) in [4.78, 5) is 35.2. The van der Waals surface area contributed by atoms with Crippen molar-refractivity contribution in [2.24, 2.45) is 0 Å². The van der Waals surface area contributed by atoms with Gasteiger partial charge >= 0.3 is 0 Å². The van der Waals surface area contributed by atoms with Gasteiger partial charge < -0.3 is 35.4 Å². The van der Waals surface area contributed by atoms with E-state index in [0.29, 0.717) is 44.4 Å². The molecule has 12 heteroatoms. The second-order valence-electron chi connectivity index (χ2n) is 8.92. The van der Waals surface area contributed by atoms with Gasteiger partial charge in [0.05, 0.1) is 25.5 Å². The minimum absolute atomic E-state index is 0.185. The first-order chi connectivity index (χ1) is 18.5. The lowest BCUT2D eigenvalue weighted by molar-refractivity contribution is 0.0942. The van der Waals surface area contributed by atoms with Gasteiger partial charge in [-0.05, 0) is 37.1 Å². The van der Waals surface area contributed by atoms with E-state index in [9.17, 15) is 4.79 Å². The van der Waals surface area contributed by atoms with Crippen LogP contribution in [0.15, 0.2) is 43.1 Å². The Bertz CT molecular complexity index is 1330. The Morgan fingerprint density at radius 3 is 2.74 bits per heavy atom. The van der Waals surface area contributed by atoms with E-state index in [1.165, 1.54) is 6.26 Å². The van der Waals surface area contributed by atoms with Crippen molar-refractivity contribution in [3.05, 3.63) is 59.8 Å². The van der Waals surface area contributed by atoms with Gasteiger partial charge in [-0.2, -0.15) is 4.98 Å². The summed E-state index contributed by atoms with van der Waals surface area (Å²) in [6.45, 7) is 5.88. The molecule has 5 rings (SSSR count). The summed E-state index contributed by atoms with van der Waals surface area (Å²) in [7, 11) is 0. The lowest BCUT2D eigenvalue weighted by atomic mass is 10.1. The topological polar surface area (TPSA) is 152 Å². The number of aliphatic hydroxyl groups is 1. The van der Waals surface area contributed by atoms with Crippen molar-refractivity contribution in [2.45, 2.75) is 13.3 Å². The summed E-state index contributed by atoms with van der Waals surface area (Å²) in [5.41, 5.74) is 10.7. The monoisotopic (exact) mass is 518 g/mol. The quantitative estimate of drug-likeness (QED) is 0.297. The summed E-state index contributed by atoms with van der Waals surface area (Å²) in [6, 6.07) is 5.76. The smallest absolute Gasteiger partial charge is 0.251 e. The molecule has 12 nitrogen and oxygen atoms in total. The number of hydrogen-bond donors (Lipinski definition) is 3. The number of hydrogen-bond acceptors (Lipinski definition) is 11. The zero-order chi connectivity index (χ0) is 26.5. The van der Waals surface area contributed by atoms with E-state index >= 15 is 0 Å². The molecule has 0 spiro atoms. The SMILES string of the molecule is Cc1cc(N2CCc3c(-c4cnc(N)nc4)nc(N4CCOCC4)nc32)ccc1C(=O)NCCO/C=C/O. The molecule has 3 aromatic rings. The molecule has 0 bridgehead atoms. The minimum Gasteiger partial charge on any atom is -0.512 e. The van der Waals surface area contributed by atoms with Crippen LogP contribution in [-0.2, 0) is 15.9 Å². The molecule has 2 aliphatic heterocycles. The standard InChI is InChI=1S/C26H30N8O4/c1-17-14-19(2-3-20(17)24(36)28-5-10-37-13-9-35)34-6-4-21-22(18-15-29-25(27)30-16-18)31-26(32-23(21)34)33-7-11-38-12-8-33/h2-3,9,13-16,35H,4-8,10-12H2,1H3,(H,28,36)(H2,27,29,30)/b13-9+. The number of carbonyl (C=O) groups excluding carboxylic acids is 1. The molecule has 1 amide bonds. The van der Waals surface area contributed by atoms with Crippen LogP contribution in [0, 0.1) is 6.92 Å². The van der Waals surface area contributed by atoms with Crippen molar-refractivity contribution in [3.63, 3.8) is 0 Å². The van der Waals surface area contributed by atoms with Crippen molar-refractivity contribution in [3.8, 4) is 11.3 Å². The van der Waals surface area contributed by atoms with Crippen LogP contribution in [0.1, 0.15) is 21.5 Å². The molecule has 1 saturated heterocycles. The summed E-state index contributed by atoms with van der Waals surface area (Å²) < 4.78 is 10.6.